The van der Waals surface area contributed by atoms with Gasteiger partial charge in [-0.1, -0.05) is 23.8 Å². The summed E-state index contributed by atoms with van der Waals surface area (Å²) in [4.78, 5) is 8.68. The maximum absolute atomic E-state index is 12.4. The van der Waals surface area contributed by atoms with Gasteiger partial charge in [0.25, 0.3) is 10.0 Å². The fourth-order valence-corrected chi connectivity index (χ4v) is 5.67. The third kappa shape index (κ3) is 5.28. The first-order chi connectivity index (χ1) is 15.9. The van der Waals surface area contributed by atoms with Crippen LogP contribution in [0.25, 0.3) is 16.8 Å². The number of rotatable bonds is 7. The third-order valence-corrected chi connectivity index (χ3v) is 7.76. The molecule has 0 aliphatic heterocycles. The highest BCUT2D eigenvalue weighted by Gasteiger charge is 2.15. The number of thiazole rings is 2. The van der Waals surface area contributed by atoms with Gasteiger partial charge in [-0.25, -0.2) is 18.4 Å². The number of nitrogens with one attached hydrogen (secondary N) is 2. The Labute approximate surface area is 200 Å². The number of aryl methyl sites for hydroxylation is 2. The van der Waals surface area contributed by atoms with Crippen molar-refractivity contribution in [2.24, 2.45) is 0 Å². The second kappa shape index (κ2) is 9.54. The molecule has 0 spiro atoms. The minimum atomic E-state index is -3.71. The molecule has 0 aliphatic carbocycles. The summed E-state index contributed by atoms with van der Waals surface area (Å²) < 4.78 is 27.3. The molecule has 0 unspecified atom stereocenters. The maximum Gasteiger partial charge on any atom is 0.263 e. The highest BCUT2D eigenvalue weighted by atomic mass is 32.2. The SMILES string of the molecule is Cc1ccc(-c2csc(C(C#N)=CNc3ccc(S(=O)(=O)Nc4nccs4)cc3)n2)c(C)c1. The molecule has 0 aliphatic rings. The van der Waals surface area contributed by atoms with Crippen molar-refractivity contribution in [3.63, 3.8) is 0 Å². The van der Waals surface area contributed by atoms with Crippen LogP contribution in [0.4, 0.5) is 10.8 Å². The number of anilines is 2. The number of nitriles is 1. The van der Waals surface area contributed by atoms with Crippen molar-refractivity contribution in [2.75, 3.05) is 10.0 Å². The Morgan fingerprint density at radius 3 is 2.58 bits per heavy atom. The zero-order chi connectivity index (χ0) is 23.4. The molecule has 0 bridgehead atoms. The van der Waals surface area contributed by atoms with Crippen molar-refractivity contribution in [1.82, 2.24) is 9.97 Å². The van der Waals surface area contributed by atoms with Crippen LogP contribution in [0.1, 0.15) is 16.1 Å². The lowest BCUT2D eigenvalue weighted by atomic mass is 10.0. The normalized spacial score (nSPS) is 11.7. The van der Waals surface area contributed by atoms with E-state index >= 15 is 0 Å². The van der Waals surface area contributed by atoms with E-state index in [1.54, 1.807) is 23.7 Å². The Bertz CT molecular complexity index is 1450. The molecule has 0 atom stereocenters. The summed E-state index contributed by atoms with van der Waals surface area (Å²) in [5.74, 6) is 0. The van der Waals surface area contributed by atoms with Gasteiger partial charge in [-0.2, -0.15) is 5.26 Å². The van der Waals surface area contributed by atoms with Crippen LogP contribution in [0, 0.1) is 25.2 Å². The average Bonchev–Trinajstić information content (AvgIpc) is 3.47. The molecule has 2 heterocycles. The number of hydrogen-bond acceptors (Lipinski definition) is 8. The van der Waals surface area contributed by atoms with Gasteiger partial charge >= 0.3 is 0 Å². The lowest BCUT2D eigenvalue weighted by molar-refractivity contribution is 0.601. The molecule has 4 aromatic rings. The first-order valence-corrected chi connectivity index (χ1v) is 13.0. The highest BCUT2D eigenvalue weighted by Crippen LogP contribution is 2.29. The Morgan fingerprint density at radius 2 is 1.91 bits per heavy atom. The Morgan fingerprint density at radius 1 is 1.12 bits per heavy atom. The van der Waals surface area contributed by atoms with E-state index in [1.165, 1.54) is 46.6 Å². The summed E-state index contributed by atoms with van der Waals surface area (Å²) in [6.07, 6.45) is 3.10. The molecule has 0 radical (unpaired) electrons. The second-order valence-corrected chi connectivity index (χ2v) is 10.6. The second-order valence-electron chi connectivity index (χ2n) is 7.14. The summed E-state index contributed by atoms with van der Waals surface area (Å²) in [6, 6.07) is 14.6. The molecule has 2 N–H and O–H groups in total. The van der Waals surface area contributed by atoms with E-state index in [0.717, 1.165) is 16.8 Å². The monoisotopic (exact) mass is 493 g/mol. The number of allylic oxidation sites excluding steroid dienone is 1. The fourth-order valence-electron chi connectivity index (χ4n) is 3.10. The Balaban J connectivity index is 1.49. The van der Waals surface area contributed by atoms with Crippen molar-refractivity contribution < 1.29 is 8.42 Å². The minimum absolute atomic E-state index is 0.116. The van der Waals surface area contributed by atoms with Gasteiger partial charge in [-0.15, -0.1) is 22.7 Å². The number of nitrogens with zero attached hydrogens (tertiary/aromatic N) is 3. The van der Waals surface area contributed by atoms with Crippen molar-refractivity contribution in [3.8, 4) is 17.3 Å². The van der Waals surface area contributed by atoms with Crippen LogP contribution in [0.15, 0.2) is 70.5 Å². The van der Waals surface area contributed by atoms with E-state index in [2.05, 4.69) is 32.1 Å². The van der Waals surface area contributed by atoms with Crippen LogP contribution < -0.4 is 10.0 Å². The molecule has 2 aromatic heterocycles. The Hall–Kier alpha value is -3.52. The van der Waals surface area contributed by atoms with Crippen LogP contribution in [0.5, 0.6) is 0 Å². The lowest BCUT2D eigenvalue weighted by Gasteiger charge is -2.07. The van der Waals surface area contributed by atoms with Crippen molar-refractivity contribution >= 4 is 49.1 Å². The fraction of sp³-hybridized carbons (Fsp3) is 0.0870. The summed E-state index contributed by atoms with van der Waals surface area (Å²) in [7, 11) is -3.71. The van der Waals surface area contributed by atoms with Gasteiger partial charge in [0, 0.05) is 34.4 Å². The van der Waals surface area contributed by atoms with Crippen LogP contribution >= 0.6 is 22.7 Å². The zero-order valence-electron chi connectivity index (χ0n) is 17.7. The van der Waals surface area contributed by atoms with Crippen molar-refractivity contribution in [1.29, 1.82) is 5.26 Å². The summed E-state index contributed by atoms with van der Waals surface area (Å²) in [5.41, 5.74) is 5.21. The predicted molar refractivity (Wildman–Crippen MR) is 134 cm³/mol. The summed E-state index contributed by atoms with van der Waals surface area (Å²) >= 11 is 2.60. The van der Waals surface area contributed by atoms with Crippen LogP contribution in [0.3, 0.4) is 0 Å². The van der Waals surface area contributed by atoms with E-state index in [9.17, 15) is 13.7 Å². The molecule has 10 heteroatoms. The molecule has 166 valence electrons. The molecule has 2 aromatic carbocycles. The molecule has 7 nitrogen and oxygen atoms in total. The smallest absolute Gasteiger partial charge is 0.263 e. The zero-order valence-corrected chi connectivity index (χ0v) is 20.2. The van der Waals surface area contributed by atoms with E-state index in [4.69, 9.17) is 0 Å². The van der Waals surface area contributed by atoms with Crippen LogP contribution in [-0.2, 0) is 10.0 Å². The molecular formula is C23H19N5O2S3. The molecule has 33 heavy (non-hydrogen) atoms. The summed E-state index contributed by atoms with van der Waals surface area (Å²) in [5, 5.41) is 17.2. The average molecular weight is 494 g/mol. The third-order valence-electron chi connectivity index (χ3n) is 4.71. The number of sulfonamides is 1. The van der Waals surface area contributed by atoms with Gasteiger partial charge in [0.2, 0.25) is 0 Å². The van der Waals surface area contributed by atoms with E-state index in [0.29, 0.717) is 21.4 Å². The molecule has 0 amide bonds. The van der Waals surface area contributed by atoms with E-state index in [1.807, 2.05) is 31.4 Å². The molecule has 0 saturated carbocycles. The number of benzene rings is 2. The van der Waals surface area contributed by atoms with Crippen molar-refractivity contribution in [3.05, 3.63) is 81.8 Å². The highest BCUT2D eigenvalue weighted by molar-refractivity contribution is 7.93. The largest absolute Gasteiger partial charge is 0.360 e. The van der Waals surface area contributed by atoms with Gasteiger partial charge in [0.1, 0.15) is 16.6 Å². The van der Waals surface area contributed by atoms with Gasteiger partial charge in [-0.05, 0) is 43.7 Å². The summed E-state index contributed by atoms with van der Waals surface area (Å²) in [6.45, 7) is 4.09. The van der Waals surface area contributed by atoms with Gasteiger partial charge in [0.05, 0.1) is 10.6 Å². The van der Waals surface area contributed by atoms with Crippen LogP contribution in [0.2, 0.25) is 0 Å². The first-order valence-electron chi connectivity index (χ1n) is 9.78. The van der Waals surface area contributed by atoms with Gasteiger partial charge in [0.15, 0.2) is 5.13 Å². The molecule has 0 saturated heterocycles. The molecule has 0 fully saturated rings. The number of aromatic nitrogens is 2. The maximum atomic E-state index is 12.4. The predicted octanol–water partition coefficient (Wildman–Crippen LogP) is 5.66. The minimum Gasteiger partial charge on any atom is -0.360 e. The Kier molecular flexibility index (Phi) is 6.55. The first kappa shape index (κ1) is 22.7. The van der Waals surface area contributed by atoms with Gasteiger partial charge < -0.3 is 5.32 Å². The van der Waals surface area contributed by atoms with Gasteiger partial charge in [-0.3, -0.25) is 4.72 Å². The van der Waals surface area contributed by atoms with Crippen LogP contribution in [-0.4, -0.2) is 18.4 Å². The van der Waals surface area contributed by atoms with E-state index < -0.39 is 10.0 Å². The van der Waals surface area contributed by atoms with Crippen molar-refractivity contribution in [2.45, 2.75) is 18.7 Å². The standard InChI is InChI=1S/C23H19N5O2S3/c1-15-3-8-20(16(2)11-15)21-14-32-22(27-21)17(12-24)13-26-18-4-6-19(7-5-18)33(29,30)28-23-25-9-10-31-23/h3-11,13-14,26H,1-2H3,(H,25,28). The van der Waals surface area contributed by atoms with E-state index in [-0.39, 0.29) is 4.90 Å². The quantitative estimate of drug-likeness (QED) is 0.322. The molecule has 4 rings (SSSR count). The lowest BCUT2D eigenvalue weighted by Crippen LogP contribution is -2.12. The molecular weight excluding hydrogens is 474 g/mol. The number of hydrogen-bond donors (Lipinski definition) is 2. The topological polar surface area (TPSA) is 108 Å².